The Morgan fingerprint density at radius 1 is 1.19 bits per heavy atom. The van der Waals surface area contributed by atoms with Gasteiger partial charge in [0.05, 0.1) is 29.8 Å². The lowest BCUT2D eigenvalue weighted by Gasteiger charge is -2.35. The van der Waals surface area contributed by atoms with Gasteiger partial charge in [0.25, 0.3) is 10.0 Å². The van der Waals surface area contributed by atoms with E-state index in [1.165, 1.54) is 0 Å². The summed E-state index contributed by atoms with van der Waals surface area (Å²) in [6.45, 7) is 10.4. The zero-order valence-corrected chi connectivity index (χ0v) is 20.6. The Morgan fingerprint density at radius 3 is 2.44 bits per heavy atom. The molecule has 172 valence electrons. The van der Waals surface area contributed by atoms with Crippen LogP contribution in [0.3, 0.4) is 0 Å². The van der Waals surface area contributed by atoms with Crippen molar-refractivity contribution in [1.29, 1.82) is 0 Å². The number of hydrogen-bond acceptors (Lipinski definition) is 5. The number of benzene rings is 2. The average Bonchev–Trinajstić information content (AvgIpc) is 2.73. The molecule has 0 spiro atoms. The molecule has 6 nitrogen and oxygen atoms in total. The van der Waals surface area contributed by atoms with Gasteiger partial charge in [0.2, 0.25) is 0 Å². The molecule has 0 aromatic heterocycles. The maximum atomic E-state index is 13.2. The van der Waals surface area contributed by atoms with Crippen molar-refractivity contribution in [3.63, 3.8) is 0 Å². The average molecular weight is 476 g/mol. The highest BCUT2D eigenvalue weighted by Gasteiger charge is 2.26. The number of sulfonamides is 1. The highest BCUT2D eigenvalue weighted by Crippen LogP contribution is 2.34. The molecule has 3 rings (SSSR count). The number of nitrogens with zero attached hydrogens (tertiary/aromatic N) is 2. The van der Waals surface area contributed by atoms with Gasteiger partial charge in [-0.15, -0.1) is 0 Å². The summed E-state index contributed by atoms with van der Waals surface area (Å²) in [5.74, 6) is 0.746. The van der Waals surface area contributed by atoms with Crippen molar-refractivity contribution in [3.05, 3.63) is 64.7 Å². The normalized spacial score (nSPS) is 15.8. The van der Waals surface area contributed by atoms with Gasteiger partial charge in [-0.1, -0.05) is 44.5 Å². The lowest BCUT2D eigenvalue weighted by Crippen LogP contribution is -2.39. The lowest BCUT2D eigenvalue weighted by molar-refractivity contribution is 0.222. The molecule has 0 saturated heterocycles. The van der Waals surface area contributed by atoms with Gasteiger partial charge >= 0.3 is 0 Å². The van der Waals surface area contributed by atoms with Gasteiger partial charge in [-0.25, -0.2) is 8.42 Å². The third-order valence-corrected chi connectivity index (χ3v) is 7.07. The molecule has 32 heavy (non-hydrogen) atoms. The van der Waals surface area contributed by atoms with E-state index in [-0.39, 0.29) is 23.0 Å². The minimum atomic E-state index is -3.82. The molecular weight excluding hydrogens is 446 g/mol. The van der Waals surface area contributed by atoms with E-state index < -0.39 is 10.0 Å². The molecular formula is C24H30ClN3O3S. The summed E-state index contributed by atoms with van der Waals surface area (Å²) in [4.78, 5) is 6.52. The summed E-state index contributed by atoms with van der Waals surface area (Å²) >= 11 is 6.28. The first kappa shape index (κ1) is 24.3. The predicted molar refractivity (Wildman–Crippen MR) is 132 cm³/mol. The number of aliphatic hydroxyl groups excluding tert-OH is 1. The van der Waals surface area contributed by atoms with E-state index in [1.807, 2.05) is 37.0 Å². The predicted octanol–water partition coefficient (Wildman–Crippen LogP) is 4.89. The van der Waals surface area contributed by atoms with Crippen LogP contribution in [-0.4, -0.2) is 43.5 Å². The maximum absolute atomic E-state index is 13.2. The number of anilines is 1. The molecule has 2 aromatic carbocycles. The summed E-state index contributed by atoms with van der Waals surface area (Å²) < 4.78 is 29.1. The standard InChI is InChI=1S/C24H30ClN3O3S/c1-16(15-29)28-17(2)26-13-12-23(28)21-14-19(25)8-11-22(21)27-32(30,31)20-9-6-18(7-10-20)24(3,4)5/h6-12,14,16,27,29H,13,15H2,1-5H3/t16-/m0/s1. The highest BCUT2D eigenvalue weighted by molar-refractivity contribution is 7.92. The molecule has 8 heteroatoms. The Kier molecular flexibility index (Phi) is 7.03. The van der Waals surface area contributed by atoms with Crippen molar-refractivity contribution in [1.82, 2.24) is 4.90 Å². The second kappa shape index (κ2) is 9.25. The monoisotopic (exact) mass is 475 g/mol. The van der Waals surface area contributed by atoms with Crippen LogP contribution in [-0.2, 0) is 15.4 Å². The number of nitrogens with one attached hydrogen (secondary N) is 1. The third kappa shape index (κ3) is 5.17. The molecule has 2 aromatic rings. The van der Waals surface area contributed by atoms with Crippen LogP contribution in [0.4, 0.5) is 5.69 Å². The smallest absolute Gasteiger partial charge is 0.261 e. The fourth-order valence-corrected chi connectivity index (χ4v) is 4.90. The SMILES string of the molecule is CC1=NCC=C(c2cc(Cl)ccc2NS(=O)(=O)c2ccc(C(C)(C)C)cc2)N1[C@@H](C)CO. The van der Waals surface area contributed by atoms with Gasteiger partial charge in [0, 0.05) is 16.3 Å². The van der Waals surface area contributed by atoms with E-state index in [0.29, 0.717) is 22.8 Å². The number of hydrogen-bond donors (Lipinski definition) is 2. The van der Waals surface area contributed by atoms with Crippen molar-refractivity contribution in [2.24, 2.45) is 4.99 Å². The zero-order valence-electron chi connectivity index (χ0n) is 19.1. The molecule has 0 aliphatic carbocycles. The fourth-order valence-electron chi connectivity index (χ4n) is 3.65. The molecule has 1 heterocycles. The molecule has 0 fully saturated rings. The van der Waals surface area contributed by atoms with Gasteiger partial charge < -0.3 is 10.0 Å². The first-order chi connectivity index (χ1) is 14.9. The van der Waals surface area contributed by atoms with E-state index in [0.717, 1.165) is 17.1 Å². The maximum Gasteiger partial charge on any atom is 0.261 e. The Labute approximate surface area is 195 Å². The van der Waals surface area contributed by atoms with Crippen LogP contribution >= 0.6 is 11.6 Å². The van der Waals surface area contributed by atoms with Crippen LogP contribution in [0.15, 0.2) is 58.4 Å². The molecule has 0 unspecified atom stereocenters. The van der Waals surface area contributed by atoms with E-state index in [1.54, 1.807) is 30.3 Å². The first-order valence-corrected chi connectivity index (χ1v) is 12.3. The Morgan fingerprint density at radius 2 is 1.84 bits per heavy atom. The van der Waals surface area contributed by atoms with Crippen LogP contribution in [0.1, 0.15) is 45.7 Å². The van der Waals surface area contributed by atoms with Crippen molar-refractivity contribution >= 4 is 38.8 Å². The molecule has 0 saturated carbocycles. The molecule has 1 aliphatic heterocycles. The third-order valence-electron chi connectivity index (χ3n) is 5.45. The summed E-state index contributed by atoms with van der Waals surface area (Å²) in [6, 6.07) is 11.7. The number of aliphatic imine (C=N–C) groups is 1. The quantitative estimate of drug-likeness (QED) is 0.622. The van der Waals surface area contributed by atoms with Crippen molar-refractivity contribution in [3.8, 4) is 0 Å². The van der Waals surface area contributed by atoms with Gasteiger partial charge in [-0.05, 0) is 61.2 Å². The minimum absolute atomic E-state index is 0.0706. The number of rotatable bonds is 6. The van der Waals surface area contributed by atoms with Crippen molar-refractivity contribution in [2.75, 3.05) is 17.9 Å². The largest absolute Gasteiger partial charge is 0.394 e. The summed E-state index contributed by atoms with van der Waals surface area (Å²) in [7, 11) is -3.82. The Balaban J connectivity index is 2.01. The van der Waals surface area contributed by atoms with E-state index in [2.05, 4.69) is 30.5 Å². The number of aliphatic hydroxyl groups is 1. The van der Waals surface area contributed by atoms with E-state index in [9.17, 15) is 13.5 Å². The second-order valence-electron chi connectivity index (χ2n) is 8.95. The minimum Gasteiger partial charge on any atom is -0.394 e. The highest BCUT2D eigenvalue weighted by atomic mass is 35.5. The van der Waals surface area contributed by atoms with Crippen LogP contribution in [0, 0.1) is 0 Å². The zero-order chi connectivity index (χ0) is 23.7. The van der Waals surface area contributed by atoms with Gasteiger partial charge in [0.15, 0.2) is 0 Å². The van der Waals surface area contributed by atoms with Crippen LogP contribution in [0.25, 0.3) is 5.70 Å². The van der Waals surface area contributed by atoms with Gasteiger partial charge in [-0.3, -0.25) is 9.71 Å². The second-order valence-corrected chi connectivity index (χ2v) is 11.1. The van der Waals surface area contributed by atoms with Crippen LogP contribution in [0.5, 0.6) is 0 Å². The molecule has 0 amide bonds. The molecule has 2 N–H and O–H groups in total. The summed E-state index contributed by atoms with van der Waals surface area (Å²) in [5.41, 5.74) is 2.77. The molecule has 1 aliphatic rings. The lowest BCUT2D eigenvalue weighted by atomic mass is 9.87. The molecule has 0 radical (unpaired) electrons. The van der Waals surface area contributed by atoms with Crippen LogP contribution in [0.2, 0.25) is 5.02 Å². The van der Waals surface area contributed by atoms with E-state index >= 15 is 0 Å². The van der Waals surface area contributed by atoms with Gasteiger partial charge in [0.1, 0.15) is 5.84 Å². The first-order valence-electron chi connectivity index (χ1n) is 10.5. The van der Waals surface area contributed by atoms with Crippen molar-refractivity contribution < 1.29 is 13.5 Å². The van der Waals surface area contributed by atoms with Crippen LogP contribution < -0.4 is 4.72 Å². The molecule has 1 atom stereocenters. The van der Waals surface area contributed by atoms with Gasteiger partial charge in [-0.2, -0.15) is 0 Å². The van der Waals surface area contributed by atoms with E-state index in [4.69, 9.17) is 11.6 Å². The summed E-state index contributed by atoms with van der Waals surface area (Å²) in [5, 5.41) is 10.2. The Bertz CT molecular complexity index is 1150. The number of amidine groups is 1. The Hall–Kier alpha value is -2.35. The number of halogens is 1. The fraction of sp³-hybridized carbons (Fsp3) is 0.375. The topological polar surface area (TPSA) is 82.0 Å². The summed E-state index contributed by atoms with van der Waals surface area (Å²) in [6.07, 6.45) is 1.90. The van der Waals surface area contributed by atoms with Crippen molar-refractivity contribution in [2.45, 2.75) is 51.0 Å². The molecule has 0 bridgehead atoms.